The van der Waals surface area contributed by atoms with Gasteiger partial charge in [-0.25, -0.2) is 0 Å². The molecule has 0 saturated heterocycles. The number of hydrogen-bond acceptors (Lipinski definition) is 1. The van der Waals surface area contributed by atoms with Crippen molar-refractivity contribution >= 4 is 0 Å². The van der Waals surface area contributed by atoms with Crippen LogP contribution < -0.4 is 0 Å². The molecular weight excluding hydrogens is 386 g/mol. The maximum Gasteiger partial charge on any atom is 0.0991 e. The van der Waals surface area contributed by atoms with Crippen LogP contribution in [0.4, 0.5) is 0 Å². The first-order valence-electron chi connectivity index (χ1n) is 11.3. The standard InChI is InChI=1S/C31H25N/c1-30(2)26-11-6-5-10-22(26)24-16-25-23-15-21(20-9-7-8-19(14-20)18-32)12-13-27(23)31(3,4)29(25)17-28(24)30/h5-17H,1-4H3. The van der Waals surface area contributed by atoms with Gasteiger partial charge in [-0.05, 0) is 79.9 Å². The fourth-order valence-corrected chi connectivity index (χ4v) is 5.89. The van der Waals surface area contributed by atoms with Crippen LogP contribution in [0, 0.1) is 11.3 Å². The Kier molecular flexibility index (Phi) is 3.70. The monoisotopic (exact) mass is 411 g/mol. The second kappa shape index (κ2) is 6.21. The lowest BCUT2D eigenvalue weighted by Gasteiger charge is -2.25. The van der Waals surface area contributed by atoms with Gasteiger partial charge in [-0.1, -0.05) is 82.3 Å². The minimum Gasteiger partial charge on any atom is -0.192 e. The molecule has 0 bridgehead atoms. The van der Waals surface area contributed by atoms with Crippen molar-refractivity contribution in [3.8, 4) is 39.4 Å². The molecule has 0 spiro atoms. The van der Waals surface area contributed by atoms with Crippen molar-refractivity contribution in [2.75, 3.05) is 0 Å². The number of benzene rings is 4. The van der Waals surface area contributed by atoms with Crippen LogP contribution in [0.3, 0.4) is 0 Å². The molecule has 4 aromatic rings. The molecule has 2 aliphatic rings. The van der Waals surface area contributed by atoms with Crippen LogP contribution in [0.15, 0.2) is 78.9 Å². The van der Waals surface area contributed by atoms with Crippen molar-refractivity contribution in [1.29, 1.82) is 5.26 Å². The van der Waals surface area contributed by atoms with E-state index in [4.69, 9.17) is 0 Å². The third kappa shape index (κ3) is 2.38. The molecule has 1 nitrogen and oxygen atoms in total. The molecule has 0 aliphatic heterocycles. The van der Waals surface area contributed by atoms with Gasteiger partial charge < -0.3 is 0 Å². The van der Waals surface area contributed by atoms with E-state index in [2.05, 4.69) is 94.4 Å². The van der Waals surface area contributed by atoms with Crippen molar-refractivity contribution in [2.24, 2.45) is 0 Å². The zero-order valence-electron chi connectivity index (χ0n) is 19.0. The summed E-state index contributed by atoms with van der Waals surface area (Å²) in [5.41, 5.74) is 13.9. The van der Waals surface area contributed by atoms with Crippen molar-refractivity contribution in [3.05, 3.63) is 107 Å². The predicted molar refractivity (Wildman–Crippen MR) is 132 cm³/mol. The molecule has 0 N–H and O–H groups in total. The number of fused-ring (bicyclic) bond motifs is 6. The largest absolute Gasteiger partial charge is 0.192 e. The van der Waals surface area contributed by atoms with E-state index in [0.717, 1.165) is 11.1 Å². The fraction of sp³-hybridized carbons (Fsp3) is 0.194. The zero-order valence-corrected chi connectivity index (χ0v) is 19.0. The molecule has 154 valence electrons. The molecule has 0 saturated carbocycles. The molecule has 32 heavy (non-hydrogen) atoms. The Hall–Kier alpha value is -3.63. The maximum atomic E-state index is 9.32. The molecule has 0 amide bonds. The Morgan fingerprint density at radius 3 is 1.91 bits per heavy atom. The van der Waals surface area contributed by atoms with Crippen LogP contribution in [-0.4, -0.2) is 0 Å². The van der Waals surface area contributed by atoms with Gasteiger partial charge in [0.1, 0.15) is 0 Å². The Morgan fingerprint density at radius 1 is 0.531 bits per heavy atom. The van der Waals surface area contributed by atoms with Gasteiger partial charge in [0.05, 0.1) is 11.6 Å². The second-order valence-corrected chi connectivity index (χ2v) is 10.2. The lowest BCUT2D eigenvalue weighted by atomic mass is 9.77. The molecule has 1 heteroatoms. The van der Waals surface area contributed by atoms with Crippen molar-refractivity contribution in [1.82, 2.24) is 0 Å². The van der Waals surface area contributed by atoms with Gasteiger partial charge in [-0.2, -0.15) is 5.26 Å². The van der Waals surface area contributed by atoms with Gasteiger partial charge in [-0.15, -0.1) is 0 Å². The topological polar surface area (TPSA) is 23.8 Å². The normalized spacial score (nSPS) is 16.0. The minimum absolute atomic E-state index is 0.00864. The van der Waals surface area contributed by atoms with Gasteiger partial charge in [0, 0.05) is 10.8 Å². The SMILES string of the molecule is CC1(C)c2ccccc2-c2cc3c(cc21)C(C)(C)c1ccc(-c2cccc(C#N)c2)cc1-3. The Bertz CT molecular complexity index is 1480. The van der Waals surface area contributed by atoms with E-state index in [-0.39, 0.29) is 10.8 Å². The number of hydrogen-bond donors (Lipinski definition) is 0. The summed E-state index contributed by atoms with van der Waals surface area (Å²) in [6.07, 6.45) is 0. The molecule has 0 unspecified atom stereocenters. The van der Waals surface area contributed by atoms with E-state index in [0.29, 0.717) is 5.56 Å². The van der Waals surface area contributed by atoms with E-state index in [1.54, 1.807) is 0 Å². The van der Waals surface area contributed by atoms with E-state index in [9.17, 15) is 5.26 Å². The van der Waals surface area contributed by atoms with Crippen LogP contribution >= 0.6 is 0 Å². The highest BCUT2D eigenvalue weighted by molar-refractivity contribution is 5.91. The van der Waals surface area contributed by atoms with E-state index >= 15 is 0 Å². The van der Waals surface area contributed by atoms with Gasteiger partial charge in [0.2, 0.25) is 0 Å². The summed E-state index contributed by atoms with van der Waals surface area (Å²) in [5, 5.41) is 9.32. The van der Waals surface area contributed by atoms with Crippen LogP contribution in [0.5, 0.6) is 0 Å². The summed E-state index contributed by atoms with van der Waals surface area (Å²) >= 11 is 0. The molecule has 0 aromatic heterocycles. The third-order valence-electron chi connectivity index (χ3n) is 7.70. The van der Waals surface area contributed by atoms with Gasteiger partial charge in [-0.3, -0.25) is 0 Å². The summed E-state index contributed by atoms with van der Waals surface area (Å²) in [5.74, 6) is 0. The quantitative estimate of drug-likeness (QED) is 0.313. The minimum atomic E-state index is -0.0441. The van der Waals surface area contributed by atoms with Gasteiger partial charge >= 0.3 is 0 Å². The Morgan fingerprint density at radius 2 is 1.16 bits per heavy atom. The molecule has 0 atom stereocenters. The molecular formula is C31H25N. The summed E-state index contributed by atoms with van der Waals surface area (Å²) in [6, 6.07) is 30.7. The van der Waals surface area contributed by atoms with E-state index < -0.39 is 0 Å². The first-order valence-corrected chi connectivity index (χ1v) is 11.3. The van der Waals surface area contributed by atoms with Gasteiger partial charge in [0.25, 0.3) is 0 Å². The molecule has 2 aliphatic carbocycles. The maximum absolute atomic E-state index is 9.32. The van der Waals surface area contributed by atoms with Gasteiger partial charge in [0.15, 0.2) is 0 Å². The molecule has 0 heterocycles. The highest BCUT2D eigenvalue weighted by Gasteiger charge is 2.41. The Balaban J connectivity index is 1.60. The second-order valence-electron chi connectivity index (χ2n) is 10.2. The third-order valence-corrected chi connectivity index (χ3v) is 7.70. The highest BCUT2D eigenvalue weighted by Crippen LogP contribution is 2.56. The first kappa shape index (κ1) is 19.1. The number of nitrogens with zero attached hydrogens (tertiary/aromatic N) is 1. The molecule has 0 radical (unpaired) electrons. The summed E-state index contributed by atoms with van der Waals surface area (Å²) in [6.45, 7) is 9.38. The number of nitriles is 1. The smallest absolute Gasteiger partial charge is 0.0991 e. The lowest BCUT2D eigenvalue weighted by Crippen LogP contribution is -2.18. The van der Waals surface area contributed by atoms with E-state index in [1.165, 1.54) is 44.5 Å². The van der Waals surface area contributed by atoms with Crippen LogP contribution in [-0.2, 0) is 10.8 Å². The average Bonchev–Trinajstić information content (AvgIpc) is 3.17. The van der Waals surface area contributed by atoms with Crippen LogP contribution in [0.2, 0.25) is 0 Å². The summed E-state index contributed by atoms with van der Waals surface area (Å²) < 4.78 is 0. The first-order chi connectivity index (χ1) is 15.3. The van der Waals surface area contributed by atoms with Crippen LogP contribution in [0.1, 0.15) is 55.5 Å². The lowest BCUT2D eigenvalue weighted by molar-refractivity contribution is 0.639. The summed E-state index contributed by atoms with van der Waals surface area (Å²) in [7, 11) is 0. The number of rotatable bonds is 1. The molecule has 4 aromatic carbocycles. The molecule has 0 fully saturated rings. The average molecular weight is 412 g/mol. The predicted octanol–water partition coefficient (Wildman–Crippen LogP) is 7.84. The Labute approximate surface area is 190 Å². The fourth-order valence-electron chi connectivity index (χ4n) is 5.89. The zero-order chi connectivity index (χ0) is 22.3. The van der Waals surface area contributed by atoms with Crippen LogP contribution in [0.25, 0.3) is 33.4 Å². The summed E-state index contributed by atoms with van der Waals surface area (Å²) in [4.78, 5) is 0. The van der Waals surface area contributed by atoms with Crippen molar-refractivity contribution in [2.45, 2.75) is 38.5 Å². The van der Waals surface area contributed by atoms with E-state index in [1.807, 2.05) is 18.2 Å². The molecule has 6 rings (SSSR count). The van der Waals surface area contributed by atoms with Crippen molar-refractivity contribution < 1.29 is 0 Å². The highest BCUT2D eigenvalue weighted by atomic mass is 14.4. The van der Waals surface area contributed by atoms with Crippen molar-refractivity contribution in [3.63, 3.8) is 0 Å².